The standard InChI is InChI=1S/C18H15F3N2O2S/c1-12-3-7-14(8-4-12)23-11-22-17(16(23)18(19,20)21)26(24,25)15-9-5-13(2)6-10-15/h3-11H,1-2H3. The Labute approximate surface area is 148 Å². The highest BCUT2D eigenvalue weighted by Crippen LogP contribution is 2.37. The molecule has 26 heavy (non-hydrogen) atoms. The van der Waals surface area contributed by atoms with Crippen LogP contribution in [0, 0.1) is 13.8 Å². The lowest BCUT2D eigenvalue weighted by atomic mass is 10.2. The van der Waals surface area contributed by atoms with Crippen molar-refractivity contribution in [2.75, 3.05) is 0 Å². The number of sulfone groups is 1. The third-order valence-electron chi connectivity index (χ3n) is 3.90. The van der Waals surface area contributed by atoms with E-state index in [0.29, 0.717) is 0 Å². The molecule has 2 aromatic carbocycles. The molecule has 136 valence electrons. The third kappa shape index (κ3) is 3.24. The van der Waals surface area contributed by atoms with Crippen LogP contribution in [-0.2, 0) is 16.0 Å². The highest BCUT2D eigenvalue weighted by Gasteiger charge is 2.43. The van der Waals surface area contributed by atoms with Crippen molar-refractivity contribution in [2.24, 2.45) is 0 Å². The summed E-state index contributed by atoms with van der Waals surface area (Å²) in [6.07, 6.45) is -4.01. The van der Waals surface area contributed by atoms with E-state index in [1.54, 1.807) is 26.0 Å². The zero-order valence-electron chi connectivity index (χ0n) is 13.9. The molecular formula is C18H15F3N2O2S. The van der Waals surface area contributed by atoms with Crippen LogP contribution in [0.3, 0.4) is 0 Å². The summed E-state index contributed by atoms with van der Waals surface area (Å²) in [5.41, 5.74) is 0.530. The van der Waals surface area contributed by atoms with E-state index in [1.165, 1.54) is 36.4 Å². The summed E-state index contributed by atoms with van der Waals surface area (Å²) in [5.74, 6) is 0. The minimum Gasteiger partial charge on any atom is -0.294 e. The van der Waals surface area contributed by atoms with Crippen molar-refractivity contribution in [1.29, 1.82) is 0 Å². The predicted octanol–water partition coefficient (Wildman–Crippen LogP) is 4.34. The van der Waals surface area contributed by atoms with Crippen molar-refractivity contribution in [3.05, 3.63) is 71.7 Å². The minimum atomic E-state index is -4.89. The lowest BCUT2D eigenvalue weighted by molar-refractivity contribution is -0.144. The molecule has 1 heterocycles. The van der Waals surface area contributed by atoms with Crippen LogP contribution in [-0.4, -0.2) is 18.0 Å². The number of aromatic nitrogens is 2. The van der Waals surface area contributed by atoms with E-state index in [-0.39, 0.29) is 10.6 Å². The van der Waals surface area contributed by atoms with Crippen molar-refractivity contribution >= 4 is 9.84 Å². The number of halogens is 3. The third-order valence-corrected chi connectivity index (χ3v) is 5.60. The fourth-order valence-electron chi connectivity index (χ4n) is 2.52. The van der Waals surface area contributed by atoms with Crippen molar-refractivity contribution in [3.8, 4) is 5.69 Å². The first-order chi connectivity index (χ1) is 12.1. The molecule has 0 atom stereocenters. The van der Waals surface area contributed by atoms with Crippen LogP contribution in [0.4, 0.5) is 13.2 Å². The normalized spacial score (nSPS) is 12.3. The topological polar surface area (TPSA) is 52.0 Å². The Morgan fingerprint density at radius 1 is 0.885 bits per heavy atom. The number of rotatable bonds is 3. The van der Waals surface area contributed by atoms with Crippen LogP contribution in [0.5, 0.6) is 0 Å². The van der Waals surface area contributed by atoms with Gasteiger partial charge in [-0.1, -0.05) is 35.4 Å². The Kier molecular flexibility index (Phi) is 4.39. The van der Waals surface area contributed by atoms with Gasteiger partial charge in [-0.2, -0.15) is 13.2 Å². The Morgan fingerprint density at radius 3 is 1.88 bits per heavy atom. The lowest BCUT2D eigenvalue weighted by Gasteiger charge is -2.13. The second-order valence-corrected chi connectivity index (χ2v) is 7.78. The molecule has 8 heteroatoms. The molecular weight excluding hydrogens is 365 g/mol. The molecule has 0 aliphatic carbocycles. The fraction of sp³-hybridized carbons (Fsp3) is 0.167. The largest absolute Gasteiger partial charge is 0.434 e. The van der Waals surface area contributed by atoms with Crippen LogP contribution in [0.2, 0.25) is 0 Å². The van der Waals surface area contributed by atoms with Crippen LogP contribution >= 0.6 is 0 Å². The summed E-state index contributed by atoms with van der Waals surface area (Å²) in [4.78, 5) is 3.37. The minimum absolute atomic E-state index is 0.181. The molecule has 0 N–H and O–H groups in total. The van der Waals surface area contributed by atoms with E-state index >= 15 is 0 Å². The maximum Gasteiger partial charge on any atom is 0.434 e. The second kappa shape index (κ2) is 6.28. The Hall–Kier alpha value is -2.61. The van der Waals surface area contributed by atoms with Crippen LogP contribution in [0.1, 0.15) is 16.8 Å². The van der Waals surface area contributed by atoms with Gasteiger partial charge >= 0.3 is 6.18 Å². The summed E-state index contributed by atoms with van der Waals surface area (Å²) in [7, 11) is -4.42. The van der Waals surface area contributed by atoms with Gasteiger partial charge in [0, 0.05) is 5.69 Å². The monoisotopic (exact) mass is 380 g/mol. The maximum atomic E-state index is 13.7. The lowest BCUT2D eigenvalue weighted by Crippen LogP contribution is -2.17. The number of alkyl halides is 3. The van der Waals surface area contributed by atoms with Crippen LogP contribution in [0.15, 0.2) is 64.8 Å². The van der Waals surface area contributed by atoms with Gasteiger partial charge in [-0.15, -0.1) is 0 Å². The molecule has 0 aliphatic heterocycles. The van der Waals surface area contributed by atoms with E-state index in [1.807, 2.05) is 0 Å². The van der Waals surface area contributed by atoms with Gasteiger partial charge in [0.05, 0.1) is 4.90 Å². The molecule has 0 saturated carbocycles. The first-order valence-electron chi connectivity index (χ1n) is 7.64. The van der Waals surface area contributed by atoms with E-state index in [0.717, 1.165) is 22.0 Å². The van der Waals surface area contributed by atoms with Crippen LogP contribution in [0.25, 0.3) is 5.69 Å². The summed E-state index contributed by atoms with van der Waals surface area (Å²) in [5, 5.41) is -1.01. The Balaban J connectivity index is 2.23. The van der Waals surface area contributed by atoms with Gasteiger partial charge in [0.15, 0.2) is 10.7 Å². The Morgan fingerprint density at radius 2 is 1.38 bits per heavy atom. The quantitative estimate of drug-likeness (QED) is 0.679. The van der Waals surface area contributed by atoms with Crippen molar-refractivity contribution < 1.29 is 21.6 Å². The molecule has 0 aliphatic rings. The molecule has 3 aromatic rings. The van der Waals surface area contributed by atoms with Gasteiger partial charge in [0.2, 0.25) is 9.84 Å². The summed E-state index contributed by atoms with van der Waals surface area (Å²) >= 11 is 0. The number of nitrogens with zero attached hydrogens (tertiary/aromatic N) is 2. The molecule has 4 nitrogen and oxygen atoms in total. The zero-order valence-corrected chi connectivity index (χ0v) is 14.8. The zero-order chi connectivity index (χ0) is 19.1. The molecule has 1 aromatic heterocycles. The van der Waals surface area contributed by atoms with E-state index in [4.69, 9.17) is 0 Å². The number of imidazole rings is 1. The average Bonchev–Trinajstić information content (AvgIpc) is 3.02. The van der Waals surface area contributed by atoms with Crippen LogP contribution < -0.4 is 0 Å². The highest BCUT2D eigenvalue weighted by molar-refractivity contribution is 7.91. The van der Waals surface area contributed by atoms with Gasteiger partial charge in [0.1, 0.15) is 6.33 Å². The van der Waals surface area contributed by atoms with Gasteiger partial charge in [-0.25, -0.2) is 13.4 Å². The van der Waals surface area contributed by atoms with E-state index in [9.17, 15) is 21.6 Å². The smallest absolute Gasteiger partial charge is 0.294 e. The van der Waals surface area contributed by atoms with Gasteiger partial charge in [0.25, 0.3) is 0 Å². The molecule has 0 amide bonds. The molecule has 3 rings (SSSR count). The summed E-state index contributed by atoms with van der Waals surface area (Å²) in [6, 6.07) is 11.8. The molecule has 0 saturated heterocycles. The van der Waals surface area contributed by atoms with Gasteiger partial charge < -0.3 is 0 Å². The van der Waals surface area contributed by atoms with E-state index in [2.05, 4.69) is 4.98 Å². The molecule has 0 spiro atoms. The molecule has 0 fully saturated rings. The highest BCUT2D eigenvalue weighted by atomic mass is 32.2. The fourth-order valence-corrected chi connectivity index (χ4v) is 3.89. The number of aryl methyl sites for hydroxylation is 2. The maximum absolute atomic E-state index is 13.7. The average molecular weight is 380 g/mol. The molecule has 0 radical (unpaired) electrons. The first kappa shape index (κ1) is 18.2. The summed E-state index contributed by atoms with van der Waals surface area (Å²) in [6.45, 7) is 3.55. The predicted molar refractivity (Wildman–Crippen MR) is 89.9 cm³/mol. The van der Waals surface area contributed by atoms with Gasteiger partial charge in [-0.05, 0) is 38.1 Å². The number of benzene rings is 2. The van der Waals surface area contributed by atoms with E-state index < -0.39 is 26.7 Å². The second-order valence-electron chi connectivity index (χ2n) is 5.92. The molecule has 0 unspecified atom stereocenters. The van der Waals surface area contributed by atoms with Crippen molar-refractivity contribution in [3.63, 3.8) is 0 Å². The summed E-state index contributed by atoms with van der Waals surface area (Å²) < 4.78 is 67.3. The molecule has 0 bridgehead atoms. The van der Waals surface area contributed by atoms with Crippen molar-refractivity contribution in [2.45, 2.75) is 29.9 Å². The Bertz CT molecular complexity index is 1040. The van der Waals surface area contributed by atoms with Gasteiger partial charge in [-0.3, -0.25) is 4.57 Å². The number of hydrogen-bond donors (Lipinski definition) is 0. The SMILES string of the molecule is Cc1ccc(-n2cnc(S(=O)(=O)c3ccc(C)cc3)c2C(F)(F)F)cc1. The number of hydrogen-bond acceptors (Lipinski definition) is 3. The van der Waals surface area contributed by atoms with Crippen molar-refractivity contribution in [1.82, 2.24) is 9.55 Å². The first-order valence-corrected chi connectivity index (χ1v) is 9.12.